The molecule has 6 nitrogen and oxygen atoms in total. The van der Waals surface area contributed by atoms with Crippen LogP contribution in [-0.2, 0) is 19.6 Å². The van der Waals surface area contributed by atoms with Crippen molar-refractivity contribution in [3.05, 3.63) is 30.3 Å². The Kier molecular flexibility index (Phi) is 4.79. The SMILES string of the molecule is O=C([C@@H]1CN(S(=O)(=O)c2ccccc2)CC12CCOCC2)N1CCCC1. The zero-order chi connectivity index (χ0) is 18.2. The Bertz CT molecular complexity index is 753. The second kappa shape index (κ2) is 6.94. The summed E-state index contributed by atoms with van der Waals surface area (Å²) in [6.45, 7) is 3.50. The Morgan fingerprint density at radius 2 is 1.73 bits per heavy atom. The molecule has 0 aromatic heterocycles. The quantitative estimate of drug-likeness (QED) is 0.803. The van der Waals surface area contributed by atoms with Gasteiger partial charge in [-0.15, -0.1) is 0 Å². The van der Waals surface area contributed by atoms with Crippen LogP contribution in [0.15, 0.2) is 35.2 Å². The number of likely N-dealkylation sites (tertiary alicyclic amines) is 1. The van der Waals surface area contributed by atoms with E-state index < -0.39 is 10.0 Å². The molecule has 0 radical (unpaired) electrons. The maximum atomic E-state index is 13.2. The van der Waals surface area contributed by atoms with Crippen LogP contribution < -0.4 is 0 Å². The molecule has 1 atom stereocenters. The number of sulfonamides is 1. The first-order valence-electron chi connectivity index (χ1n) is 9.45. The van der Waals surface area contributed by atoms with Crippen molar-refractivity contribution in [1.82, 2.24) is 9.21 Å². The van der Waals surface area contributed by atoms with Crippen molar-refractivity contribution >= 4 is 15.9 Å². The minimum Gasteiger partial charge on any atom is -0.381 e. The molecule has 3 fully saturated rings. The minimum absolute atomic E-state index is 0.134. The normalized spacial score (nSPS) is 26.5. The summed E-state index contributed by atoms with van der Waals surface area (Å²) in [5, 5.41) is 0. The van der Waals surface area contributed by atoms with E-state index in [-0.39, 0.29) is 23.8 Å². The number of nitrogens with zero attached hydrogens (tertiary/aromatic N) is 2. The Morgan fingerprint density at radius 3 is 2.38 bits per heavy atom. The van der Waals surface area contributed by atoms with Gasteiger partial charge < -0.3 is 9.64 Å². The summed E-state index contributed by atoms with van der Waals surface area (Å²) in [7, 11) is -3.58. The summed E-state index contributed by atoms with van der Waals surface area (Å²) in [5.41, 5.74) is -0.292. The average molecular weight is 378 g/mol. The van der Waals surface area contributed by atoms with Crippen LogP contribution in [-0.4, -0.2) is 62.9 Å². The second-order valence-electron chi connectivity index (χ2n) is 7.67. The van der Waals surface area contributed by atoms with Crippen LogP contribution in [0.4, 0.5) is 0 Å². The van der Waals surface area contributed by atoms with Gasteiger partial charge in [-0.25, -0.2) is 8.42 Å². The van der Waals surface area contributed by atoms with Crippen molar-refractivity contribution in [3.8, 4) is 0 Å². The number of ether oxygens (including phenoxy) is 1. The molecule has 1 aromatic carbocycles. The summed E-state index contributed by atoms with van der Waals surface area (Å²) >= 11 is 0. The average Bonchev–Trinajstić information content (AvgIpc) is 3.32. The van der Waals surface area contributed by atoms with Crippen molar-refractivity contribution in [1.29, 1.82) is 0 Å². The van der Waals surface area contributed by atoms with E-state index in [4.69, 9.17) is 4.74 Å². The van der Waals surface area contributed by atoms with Crippen LogP contribution in [0.3, 0.4) is 0 Å². The highest BCUT2D eigenvalue weighted by atomic mass is 32.2. The van der Waals surface area contributed by atoms with Crippen LogP contribution in [0.25, 0.3) is 0 Å². The largest absolute Gasteiger partial charge is 0.381 e. The fourth-order valence-electron chi connectivity index (χ4n) is 4.63. The van der Waals surface area contributed by atoms with Crippen molar-refractivity contribution in [2.24, 2.45) is 11.3 Å². The van der Waals surface area contributed by atoms with E-state index in [0.717, 1.165) is 38.8 Å². The summed E-state index contributed by atoms with van der Waals surface area (Å²) in [6, 6.07) is 8.53. The monoisotopic (exact) mass is 378 g/mol. The molecule has 0 aliphatic carbocycles. The summed E-state index contributed by atoms with van der Waals surface area (Å²) < 4.78 is 33.3. The van der Waals surface area contributed by atoms with E-state index in [1.165, 1.54) is 4.31 Å². The number of amides is 1. The lowest BCUT2D eigenvalue weighted by Crippen LogP contribution is -2.45. The van der Waals surface area contributed by atoms with E-state index in [0.29, 0.717) is 24.7 Å². The van der Waals surface area contributed by atoms with Crippen molar-refractivity contribution in [2.75, 3.05) is 39.4 Å². The van der Waals surface area contributed by atoms with Gasteiger partial charge in [-0.1, -0.05) is 18.2 Å². The molecule has 1 amide bonds. The van der Waals surface area contributed by atoms with E-state index in [9.17, 15) is 13.2 Å². The first-order chi connectivity index (χ1) is 12.5. The van der Waals surface area contributed by atoms with E-state index in [1.807, 2.05) is 11.0 Å². The lowest BCUT2D eigenvalue weighted by atomic mass is 9.71. The highest BCUT2D eigenvalue weighted by Gasteiger charge is 2.54. The molecule has 4 rings (SSSR count). The highest BCUT2D eigenvalue weighted by Crippen LogP contribution is 2.46. The third kappa shape index (κ3) is 3.06. The molecule has 0 bridgehead atoms. The fraction of sp³-hybridized carbons (Fsp3) is 0.632. The molecule has 7 heteroatoms. The van der Waals surface area contributed by atoms with Gasteiger partial charge in [0.15, 0.2) is 0 Å². The number of benzene rings is 1. The molecule has 3 aliphatic rings. The van der Waals surface area contributed by atoms with Crippen LogP contribution in [0.1, 0.15) is 25.7 Å². The van der Waals surface area contributed by atoms with Gasteiger partial charge >= 0.3 is 0 Å². The molecule has 0 unspecified atom stereocenters. The minimum atomic E-state index is -3.58. The number of hydrogen-bond acceptors (Lipinski definition) is 4. The first-order valence-corrected chi connectivity index (χ1v) is 10.9. The van der Waals surface area contributed by atoms with Gasteiger partial charge in [0.1, 0.15) is 0 Å². The summed E-state index contributed by atoms with van der Waals surface area (Å²) in [5.74, 6) is -0.127. The van der Waals surface area contributed by atoms with Crippen LogP contribution >= 0.6 is 0 Å². The zero-order valence-electron chi connectivity index (χ0n) is 15.0. The first kappa shape index (κ1) is 17.9. The third-order valence-corrected chi connectivity index (χ3v) is 8.03. The third-order valence-electron chi connectivity index (χ3n) is 6.20. The molecule has 3 saturated heterocycles. The van der Waals surface area contributed by atoms with Crippen molar-refractivity contribution in [2.45, 2.75) is 30.6 Å². The molecule has 1 spiro atoms. The maximum Gasteiger partial charge on any atom is 0.243 e. The molecule has 142 valence electrons. The fourth-order valence-corrected chi connectivity index (χ4v) is 6.20. The van der Waals surface area contributed by atoms with E-state index in [2.05, 4.69) is 0 Å². The van der Waals surface area contributed by atoms with E-state index in [1.54, 1.807) is 24.3 Å². The van der Waals surface area contributed by atoms with Crippen LogP contribution in [0, 0.1) is 11.3 Å². The molecule has 0 N–H and O–H groups in total. The number of carbonyl (C=O) groups is 1. The Hall–Kier alpha value is -1.44. The van der Waals surface area contributed by atoms with Crippen LogP contribution in [0.2, 0.25) is 0 Å². The lowest BCUT2D eigenvalue weighted by Gasteiger charge is -2.38. The van der Waals surface area contributed by atoms with Crippen LogP contribution in [0.5, 0.6) is 0 Å². The van der Waals surface area contributed by atoms with Crippen molar-refractivity contribution < 1.29 is 17.9 Å². The molecule has 3 aliphatic heterocycles. The number of hydrogen-bond donors (Lipinski definition) is 0. The highest BCUT2D eigenvalue weighted by molar-refractivity contribution is 7.89. The predicted octanol–water partition coefficient (Wildman–Crippen LogP) is 1.73. The molecule has 1 aromatic rings. The molecular weight excluding hydrogens is 352 g/mol. The van der Waals surface area contributed by atoms with Gasteiger partial charge in [0.05, 0.1) is 10.8 Å². The Balaban J connectivity index is 1.64. The molecular formula is C19H26N2O4S. The van der Waals surface area contributed by atoms with Gasteiger partial charge in [-0.05, 0) is 37.8 Å². The summed E-state index contributed by atoms with van der Waals surface area (Å²) in [4.78, 5) is 15.4. The number of rotatable bonds is 3. The Morgan fingerprint density at radius 1 is 1.08 bits per heavy atom. The predicted molar refractivity (Wildman–Crippen MR) is 97.0 cm³/mol. The zero-order valence-corrected chi connectivity index (χ0v) is 15.8. The van der Waals surface area contributed by atoms with E-state index >= 15 is 0 Å². The maximum absolute atomic E-state index is 13.2. The Labute approximate surface area is 155 Å². The molecule has 0 saturated carbocycles. The standard InChI is InChI=1S/C19H26N2O4S/c22-18(20-10-4-5-11-20)17-14-21(15-19(17)8-12-25-13-9-19)26(23,24)16-6-2-1-3-7-16/h1-3,6-7,17H,4-5,8-15H2/t17-/m0/s1. The van der Waals surface area contributed by atoms with Crippen molar-refractivity contribution in [3.63, 3.8) is 0 Å². The molecule has 26 heavy (non-hydrogen) atoms. The van der Waals surface area contributed by atoms with Gasteiger partial charge in [0.2, 0.25) is 15.9 Å². The lowest BCUT2D eigenvalue weighted by molar-refractivity contribution is -0.139. The van der Waals surface area contributed by atoms with Gasteiger partial charge in [-0.2, -0.15) is 4.31 Å². The molecule has 3 heterocycles. The van der Waals surface area contributed by atoms with Gasteiger partial charge in [-0.3, -0.25) is 4.79 Å². The van der Waals surface area contributed by atoms with Gasteiger partial charge in [0.25, 0.3) is 0 Å². The number of carbonyl (C=O) groups excluding carboxylic acids is 1. The second-order valence-corrected chi connectivity index (χ2v) is 9.61. The summed E-state index contributed by atoms with van der Waals surface area (Å²) in [6.07, 6.45) is 3.58. The topological polar surface area (TPSA) is 66.9 Å². The van der Waals surface area contributed by atoms with Gasteiger partial charge in [0, 0.05) is 44.8 Å². The smallest absolute Gasteiger partial charge is 0.243 e.